The molecule has 0 spiro atoms. The molecular weight excluding hydrogens is 362 g/mol. The van der Waals surface area contributed by atoms with Gasteiger partial charge < -0.3 is 10.5 Å². The number of ether oxygens (including phenoxy) is 1. The van der Waals surface area contributed by atoms with Crippen molar-refractivity contribution in [2.45, 2.75) is 45.1 Å². The first-order valence-electron chi connectivity index (χ1n) is 8.58. The average molecular weight is 383 g/mol. The molecule has 2 N–H and O–H groups in total. The minimum Gasteiger partial charge on any atom is -0.490 e. The highest BCUT2D eigenvalue weighted by Crippen LogP contribution is 2.52. The van der Waals surface area contributed by atoms with Crippen LogP contribution < -0.4 is 10.5 Å². The molecule has 2 heterocycles. The summed E-state index contributed by atoms with van der Waals surface area (Å²) < 4.78 is 58.2. The summed E-state index contributed by atoms with van der Waals surface area (Å²) in [5.41, 5.74) is 5.02. The molecule has 0 bridgehead atoms. The molecule has 0 amide bonds. The van der Waals surface area contributed by atoms with Crippen LogP contribution >= 0.6 is 0 Å². The van der Waals surface area contributed by atoms with Crippen LogP contribution in [-0.4, -0.2) is 22.1 Å². The fourth-order valence-corrected chi connectivity index (χ4v) is 2.79. The Bertz CT molecular complexity index is 822. The molecule has 8 heteroatoms. The van der Waals surface area contributed by atoms with Gasteiger partial charge in [-0.3, -0.25) is 4.98 Å². The molecule has 0 aliphatic heterocycles. The first-order valence-corrected chi connectivity index (χ1v) is 8.58. The van der Waals surface area contributed by atoms with E-state index in [0.29, 0.717) is 0 Å². The molecule has 1 unspecified atom stereocenters. The Morgan fingerprint density at radius 2 is 1.89 bits per heavy atom. The van der Waals surface area contributed by atoms with Gasteiger partial charge in [0.05, 0.1) is 11.2 Å². The number of rotatable bonds is 7. The van der Waals surface area contributed by atoms with E-state index in [4.69, 9.17) is 10.5 Å². The first-order chi connectivity index (χ1) is 12.6. The van der Waals surface area contributed by atoms with E-state index in [2.05, 4.69) is 9.97 Å². The summed E-state index contributed by atoms with van der Waals surface area (Å²) >= 11 is 0. The van der Waals surface area contributed by atoms with Crippen molar-refractivity contribution >= 4 is 0 Å². The van der Waals surface area contributed by atoms with Gasteiger partial charge in [-0.25, -0.2) is 22.5 Å². The van der Waals surface area contributed by atoms with E-state index in [1.165, 1.54) is 24.4 Å². The molecule has 0 aromatic carbocycles. The Balaban J connectivity index is 1.86. The Morgan fingerprint density at radius 1 is 1.19 bits per heavy atom. The van der Waals surface area contributed by atoms with E-state index in [-0.39, 0.29) is 29.0 Å². The highest BCUT2D eigenvalue weighted by Gasteiger charge is 2.51. The number of aromatic nitrogens is 2. The van der Waals surface area contributed by atoms with Crippen LogP contribution in [0.5, 0.6) is 5.75 Å². The lowest BCUT2D eigenvalue weighted by Gasteiger charge is -2.31. The quantitative estimate of drug-likeness (QED) is 0.690. The highest BCUT2D eigenvalue weighted by atomic mass is 19.3. The topological polar surface area (TPSA) is 61.0 Å². The maximum atomic E-state index is 13.5. The summed E-state index contributed by atoms with van der Waals surface area (Å²) in [6, 6.07) is 5.40. The van der Waals surface area contributed by atoms with E-state index in [1.54, 1.807) is 0 Å². The summed E-state index contributed by atoms with van der Waals surface area (Å²) in [7, 11) is 0. The molecule has 1 aliphatic rings. The Labute approximate surface area is 154 Å². The van der Waals surface area contributed by atoms with Crippen molar-refractivity contribution in [3.63, 3.8) is 0 Å². The molecule has 0 saturated heterocycles. The number of pyridine rings is 2. The fraction of sp³-hybridized carbons (Fsp3) is 0.474. The van der Waals surface area contributed by atoms with Crippen molar-refractivity contribution in [3.8, 4) is 17.0 Å². The third-order valence-electron chi connectivity index (χ3n) is 5.30. The second-order valence-corrected chi connectivity index (χ2v) is 7.42. The van der Waals surface area contributed by atoms with Crippen molar-refractivity contribution in [1.82, 2.24) is 9.97 Å². The molecule has 146 valence electrons. The summed E-state index contributed by atoms with van der Waals surface area (Å²) in [6.45, 7) is 3.96. The van der Waals surface area contributed by atoms with E-state index in [9.17, 15) is 17.6 Å². The van der Waals surface area contributed by atoms with Crippen molar-refractivity contribution < 1.29 is 22.3 Å². The summed E-state index contributed by atoms with van der Waals surface area (Å²) in [5.74, 6) is -0.0576. The van der Waals surface area contributed by atoms with Gasteiger partial charge in [0.25, 0.3) is 12.9 Å². The van der Waals surface area contributed by atoms with E-state index in [1.807, 2.05) is 13.8 Å². The number of nitrogens with two attached hydrogens (primary N) is 1. The van der Waals surface area contributed by atoms with Gasteiger partial charge in [-0.05, 0) is 49.4 Å². The maximum absolute atomic E-state index is 13.5. The molecular formula is C19H21F4N3O. The number of hydrogen-bond acceptors (Lipinski definition) is 4. The first kappa shape index (κ1) is 19.5. The lowest BCUT2D eigenvalue weighted by atomic mass is 9.86. The molecule has 2 aromatic rings. The van der Waals surface area contributed by atoms with Gasteiger partial charge in [0.1, 0.15) is 23.7 Å². The number of alkyl halides is 4. The second kappa shape index (κ2) is 7.07. The van der Waals surface area contributed by atoms with Crippen LogP contribution in [0.15, 0.2) is 30.5 Å². The van der Waals surface area contributed by atoms with Gasteiger partial charge in [-0.2, -0.15) is 0 Å². The largest absolute Gasteiger partial charge is 0.490 e. The molecule has 0 radical (unpaired) electrons. The minimum atomic E-state index is -2.88. The standard InChI is InChI=1S/C19H21F4N3O/c1-18(6-7-18)19(2,24)10-27-14-4-3-12(26-15(14)17(22)23)11-5-8-25-13(9-11)16(20)21/h3-5,8-9,16-17H,6-7,10,24H2,1-2H3. The lowest BCUT2D eigenvalue weighted by Crippen LogP contribution is -2.49. The number of hydrogen-bond donors (Lipinski definition) is 1. The average Bonchev–Trinajstić information content (AvgIpc) is 3.39. The summed E-state index contributed by atoms with van der Waals surface area (Å²) in [5, 5.41) is 0. The summed E-state index contributed by atoms with van der Waals surface area (Å²) in [4.78, 5) is 7.49. The molecule has 1 aliphatic carbocycles. The maximum Gasteiger partial charge on any atom is 0.284 e. The number of nitrogens with zero attached hydrogens (tertiary/aromatic N) is 2. The van der Waals surface area contributed by atoms with Crippen LogP contribution in [0.1, 0.15) is 50.9 Å². The number of halogens is 4. The molecule has 4 nitrogen and oxygen atoms in total. The normalized spacial score (nSPS) is 17.8. The van der Waals surface area contributed by atoms with E-state index < -0.39 is 29.8 Å². The molecule has 2 aromatic heterocycles. The smallest absolute Gasteiger partial charge is 0.284 e. The lowest BCUT2D eigenvalue weighted by molar-refractivity contribution is 0.128. The highest BCUT2D eigenvalue weighted by molar-refractivity contribution is 5.60. The Hall–Kier alpha value is -2.22. The summed E-state index contributed by atoms with van der Waals surface area (Å²) in [6.07, 6.45) is -2.50. The van der Waals surface area contributed by atoms with Gasteiger partial charge in [-0.1, -0.05) is 6.92 Å². The Morgan fingerprint density at radius 3 is 2.48 bits per heavy atom. The van der Waals surface area contributed by atoms with Crippen LogP contribution in [0.4, 0.5) is 17.6 Å². The van der Waals surface area contributed by atoms with Crippen LogP contribution in [0.2, 0.25) is 0 Å². The van der Waals surface area contributed by atoms with E-state index >= 15 is 0 Å². The zero-order valence-corrected chi connectivity index (χ0v) is 15.1. The van der Waals surface area contributed by atoms with Gasteiger partial charge in [0, 0.05) is 11.8 Å². The van der Waals surface area contributed by atoms with Crippen LogP contribution in [0.25, 0.3) is 11.3 Å². The zero-order valence-electron chi connectivity index (χ0n) is 15.1. The van der Waals surface area contributed by atoms with Crippen LogP contribution in [-0.2, 0) is 0 Å². The fourth-order valence-electron chi connectivity index (χ4n) is 2.79. The van der Waals surface area contributed by atoms with Gasteiger partial charge in [-0.15, -0.1) is 0 Å². The Kier molecular flexibility index (Phi) is 5.12. The van der Waals surface area contributed by atoms with Crippen molar-refractivity contribution in [1.29, 1.82) is 0 Å². The van der Waals surface area contributed by atoms with Gasteiger partial charge in [0.15, 0.2) is 0 Å². The molecule has 1 atom stereocenters. The predicted molar refractivity (Wildman–Crippen MR) is 92.8 cm³/mol. The van der Waals surface area contributed by atoms with Crippen molar-refractivity contribution in [2.75, 3.05) is 6.61 Å². The van der Waals surface area contributed by atoms with Crippen molar-refractivity contribution in [3.05, 3.63) is 41.9 Å². The molecule has 1 fully saturated rings. The third-order valence-corrected chi connectivity index (χ3v) is 5.30. The molecule has 3 rings (SSSR count). The SMILES string of the molecule is CC(N)(COc1ccc(-c2ccnc(C(F)F)c2)nc1C(F)F)C1(C)CC1. The van der Waals surface area contributed by atoms with E-state index in [0.717, 1.165) is 18.9 Å². The predicted octanol–water partition coefficient (Wildman–Crippen LogP) is 4.92. The van der Waals surface area contributed by atoms with Crippen molar-refractivity contribution in [2.24, 2.45) is 11.1 Å². The monoisotopic (exact) mass is 383 g/mol. The van der Waals surface area contributed by atoms with Gasteiger partial charge >= 0.3 is 0 Å². The zero-order chi connectivity index (χ0) is 19.8. The molecule has 27 heavy (non-hydrogen) atoms. The van der Waals surface area contributed by atoms with Gasteiger partial charge in [0.2, 0.25) is 0 Å². The third kappa shape index (κ3) is 4.05. The van der Waals surface area contributed by atoms with Crippen LogP contribution in [0, 0.1) is 5.41 Å². The second-order valence-electron chi connectivity index (χ2n) is 7.42. The minimum absolute atomic E-state index is 0.0576. The van der Waals surface area contributed by atoms with Crippen LogP contribution in [0.3, 0.4) is 0 Å². The molecule has 1 saturated carbocycles.